The minimum Gasteiger partial charge on any atom is -0.494 e. The van der Waals surface area contributed by atoms with Gasteiger partial charge in [-0.3, -0.25) is 18.9 Å². The lowest BCUT2D eigenvalue weighted by atomic mass is 10.1. The van der Waals surface area contributed by atoms with E-state index in [1.54, 1.807) is 43.1 Å². The minimum absolute atomic E-state index is 0.0839. The van der Waals surface area contributed by atoms with Crippen molar-refractivity contribution in [2.75, 3.05) is 40.3 Å². The molecule has 45 heavy (non-hydrogen) atoms. The highest BCUT2D eigenvalue weighted by atomic mass is 31.2. The molecule has 1 aliphatic rings. The highest BCUT2D eigenvalue weighted by molar-refractivity contribution is 7.46. The van der Waals surface area contributed by atoms with E-state index in [1.165, 1.54) is 40.0 Å². The lowest BCUT2D eigenvalue weighted by Crippen LogP contribution is -2.52. The van der Waals surface area contributed by atoms with Crippen molar-refractivity contribution < 1.29 is 43.7 Å². The summed E-state index contributed by atoms with van der Waals surface area (Å²) in [6.45, 7) is 5.77. The van der Waals surface area contributed by atoms with Crippen LogP contribution in [0.2, 0.25) is 0 Å². The molecule has 0 radical (unpaired) electrons. The van der Waals surface area contributed by atoms with Crippen LogP contribution in [0.1, 0.15) is 40.4 Å². The largest absolute Gasteiger partial charge is 0.494 e. The number of phosphoric acid groups is 1. The SMILES string of the molecule is CC.COc1cnc(-n2cnc(C)n2)c2c1c(C(=O)C(=O)N1CCN(C(=O)c3ccccc3)CC1)cn2COP(=O)(O)O.C[NH3+]. The summed E-state index contributed by atoms with van der Waals surface area (Å²) in [6, 6.07) is 8.78. The zero-order valence-electron chi connectivity index (χ0n) is 25.8. The molecule has 0 spiro atoms. The van der Waals surface area contributed by atoms with Crippen molar-refractivity contribution in [3.05, 3.63) is 66.0 Å². The van der Waals surface area contributed by atoms with Crippen molar-refractivity contribution in [1.29, 1.82) is 0 Å². The first-order chi connectivity index (χ1) is 21.6. The topological polar surface area (TPSA) is 210 Å². The number of fused-ring (bicyclic) bond motifs is 1. The molecule has 5 N–H and O–H groups in total. The molecule has 1 aliphatic heterocycles. The predicted molar refractivity (Wildman–Crippen MR) is 162 cm³/mol. The van der Waals surface area contributed by atoms with E-state index in [-0.39, 0.29) is 60.1 Å². The Kier molecular flexibility index (Phi) is 12.1. The van der Waals surface area contributed by atoms with Crippen LogP contribution < -0.4 is 10.5 Å². The number of aromatic nitrogens is 5. The molecule has 0 saturated carbocycles. The maximum atomic E-state index is 13.6. The smallest absolute Gasteiger partial charge is 0.471 e. The molecule has 1 aromatic carbocycles. The first-order valence-corrected chi connectivity index (χ1v) is 15.6. The quantitative estimate of drug-likeness (QED) is 0.140. The average Bonchev–Trinajstić information content (AvgIpc) is 3.68. The number of rotatable bonds is 8. The number of Topliss-reactive ketones (excluding diaryl/α,β-unsaturated/α-hetero) is 1. The zero-order chi connectivity index (χ0) is 33.3. The fraction of sp³-hybridized carbons (Fsp3) is 0.357. The Hall–Kier alpha value is -4.47. The Bertz CT molecular complexity index is 1680. The molecule has 4 aromatic rings. The first kappa shape index (κ1) is 35.0. The van der Waals surface area contributed by atoms with Gasteiger partial charge in [0.2, 0.25) is 0 Å². The van der Waals surface area contributed by atoms with Gasteiger partial charge in [-0.05, 0) is 19.1 Å². The van der Waals surface area contributed by atoms with Gasteiger partial charge in [-0.25, -0.2) is 19.2 Å². The number of ketones is 1. The van der Waals surface area contributed by atoms with Crippen LogP contribution in [0, 0.1) is 6.92 Å². The summed E-state index contributed by atoms with van der Waals surface area (Å²) >= 11 is 0. The Labute approximate surface area is 259 Å². The van der Waals surface area contributed by atoms with E-state index in [4.69, 9.17) is 9.26 Å². The van der Waals surface area contributed by atoms with Gasteiger partial charge in [0.15, 0.2) is 5.82 Å². The van der Waals surface area contributed by atoms with Crippen LogP contribution >= 0.6 is 7.82 Å². The van der Waals surface area contributed by atoms with Crippen molar-refractivity contribution >= 4 is 36.3 Å². The number of quaternary nitrogens is 1. The van der Waals surface area contributed by atoms with Crippen molar-refractivity contribution in [3.8, 4) is 11.6 Å². The number of nitrogens with zero attached hydrogens (tertiary/aromatic N) is 7. The Morgan fingerprint density at radius 2 is 1.62 bits per heavy atom. The van der Waals surface area contributed by atoms with E-state index >= 15 is 0 Å². The number of carbonyl (C=O) groups excluding carboxylic acids is 3. The second-order valence-electron chi connectivity index (χ2n) is 9.15. The van der Waals surface area contributed by atoms with E-state index in [0.717, 1.165) is 0 Å². The van der Waals surface area contributed by atoms with E-state index in [2.05, 4.69) is 20.8 Å². The maximum absolute atomic E-state index is 13.6. The lowest BCUT2D eigenvalue weighted by Gasteiger charge is -2.34. The highest BCUT2D eigenvalue weighted by Crippen LogP contribution is 2.39. The number of ether oxygens (including phenoxy) is 1. The summed E-state index contributed by atoms with van der Waals surface area (Å²) in [5.74, 6) is -1.11. The average molecular weight is 646 g/mol. The Morgan fingerprint density at radius 3 is 2.18 bits per heavy atom. The molecule has 1 fully saturated rings. The molecular formula is C28H38N8O8P+. The van der Waals surface area contributed by atoms with Gasteiger partial charge in [0.25, 0.3) is 17.6 Å². The Morgan fingerprint density at radius 1 is 1.00 bits per heavy atom. The fourth-order valence-electron chi connectivity index (χ4n) is 4.61. The van der Waals surface area contributed by atoms with Crippen LogP contribution in [-0.2, 0) is 20.6 Å². The molecule has 2 amide bonds. The fourth-order valence-corrected chi connectivity index (χ4v) is 4.88. The number of pyridine rings is 1. The zero-order valence-corrected chi connectivity index (χ0v) is 26.7. The summed E-state index contributed by atoms with van der Waals surface area (Å²) in [6.07, 6.45) is 3.99. The molecule has 0 atom stereocenters. The van der Waals surface area contributed by atoms with Crippen LogP contribution in [0.25, 0.3) is 16.7 Å². The van der Waals surface area contributed by atoms with Gasteiger partial charge in [0.1, 0.15) is 30.1 Å². The standard InChI is InChI=1S/C25H26N7O8P.C2H6.CH5N/c1-16-27-14-32(28-16)23-21-20(19(39-2)12-26-23)18(13-31(21)15-40-41(36,37)38)22(33)25(35)30-10-8-29(9-11-30)24(34)17-6-4-3-5-7-17;2*1-2/h3-7,12-14H,8-11,15H2,1-2H3,(H2,36,37,38);1-2H3;2H2,1H3/p+1. The molecule has 3 aromatic heterocycles. The summed E-state index contributed by atoms with van der Waals surface area (Å²) < 4.78 is 24.2. The summed E-state index contributed by atoms with van der Waals surface area (Å²) in [5.41, 5.74) is 3.88. The number of methoxy groups -OCH3 is 1. The molecule has 0 bridgehead atoms. The second-order valence-corrected chi connectivity index (χ2v) is 10.4. The Balaban J connectivity index is 0.00000133. The van der Waals surface area contributed by atoms with Crippen LogP contribution in [0.15, 0.2) is 49.1 Å². The third-order valence-electron chi connectivity index (χ3n) is 6.56. The number of phosphoric ester groups is 1. The van der Waals surface area contributed by atoms with Gasteiger partial charge in [-0.15, -0.1) is 0 Å². The highest BCUT2D eigenvalue weighted by Gasteiger charge is 2.33. The molecule has 1 saturated heterocycles. The molecule has 0 aliphatic carbocycles. The van der Waals surface area contributed by atoms with Crippen molar-refractivity contribution in [1.82, 2.24) is 34.1 Å². The summed E-state index contributed by atoms with van der Waals surface area (Å²) in [4.78, 5) is 69.8. The van der Waals surface area contributed by atoms with E-state index < -0.39 is 26.2 Å². The number of amides is 2. The van der Waals surface area contributed by atoms with Gasteiger partial charge in [-0.2, -0.15) is 5.10 Å². The number of piperazine rings is 1. The van der Waals surface area contributed by atoms with Crippen LogP contribution in [-0.4, -0.2) is 102 Å². The van der Waals surface area contributed by atoms with Crippen LogP contribution in [0.4, 0.5) is 0 Å². The number of aryl methyl sites for hydroxylation is 1. The van der Waals surface area contributed by atoms with E-state index in [9.17, 15) is 28.7 Å². The lowest BCUT2D eigenvalue weighted by molar-refractivity contribution is -0.325. The van der Waals surface area contributed by atoms with Crippen molar-refractivity contribution in [2.24, 2.45) is 0 Å². The van der Waals surface area contributed by atoms with E-state index in [1.807, 2.05) is 19.9 Å². The molecule has 4 heterocycles. The van der Waals surface area contributed by atoms with Gasteiger partial charge < -0.3 is 34.6 Å². The van der Waals surface area contributed by atoms with Crippen LogP contribution in [0.5, 0.6) is 5.75 Å². The number of hydrogen-bond donors (Lipinski definition) is 3. The number of carbonyl (C=O) groups is 3. The molecular weight excluding hydrogens is 607 g/mol. The number of benzene rings is 1. The van der Waals surface area contributed by atoms with Crippen molar-refractivity contribution in [2.45, 2.75) is 27.5 Å². The molecule has 5 rings (SSSR count). The maximum Gasteiger partial charge on any atom is 0.471 e. The van der Waals surface area contributed by atoms with Gasteiger partial charge >= 0.3 is 7.82 Å². The molecule has 16 nitrogen and oxygen atoms in total. The van der Waals surface area contributed by atoms with Gasteiger partial charge in [-0.1, -0.05) is 32.0 Å². The monoisotopic (exact) mass is 645 g/mol. The van der Waals surface area contributed by atoms with Gasteiger partial charge in [0, 0.05) is 37.9 Å². The molecule has 242 valence electrons. The normalized spacial score (nSPS) is 13.0. The summed E-state index contributed by atoms with van der Waals surface area (Å²) in [5, 5.41) is 4.42. The second kappa shape index (κ2) is 15.5. The molecule has 17 heteroatoms. The first-order valence-electron chi connectivity index (χ1n) is 14.1. The van der Waals surface area contributed by atoms with E-state index in [0.29, 0.717) is 11.4 Å². The van der Waals surface area contributed by atoms with Crippen molar-refractivity contribution in [3.63, 3.8) is 0 Å². The summed E-state index contributed by atoms with van der Waals surface area (Å²) in [7, 11) is -1.79. The molecule has 0 unspecified atom stereocenters. The minimum atomic E-state index is -4.90. The van der Waals surface area contributed by atoms with Crippen LogP contribution in [0.3, 0.4) is 0 Å². The van der Waals surface area contributed by atoms with Gasteiger partial charge in [0.05, 0.1) is 31.3 Å². The third kappa shape index (κ3) is 7.98. The third-order valence-corrected chi connectivity index (χ3v) is 7.01. The predicted octanol–water partition coefficient (Wildman–Crippen LogP) is 1.05. The number of hydrogen-bond acceptors (Lipinski definition) is 9.